The standard InChI is InChI=1S/C19H14N2O/c22-15-11-13(10-14(12-15)18-5-1-2-8-20-18)16-4-3-6-19-17(16)7-9-21-19/h1-12,21-22H. The molecule has 4 aromatic rings. The van der Waals surface area contributed by atoms with Gasteiger partial charge in [-0.25, -0.2) is 0 Å². The van der Waals surface area contributed by atoms with Gasteiger partial charge in [0.2, 0.25) is 0 Å². The highest BCUT2D eigenvalue weighted by molar-refractivity contribution is 5.96. The molecular formula is C19H14N2O. The van der Waals surface area contributed by atoms with Crippen molar-refractivity contribution in [2.24, 2.45) is 0 Å². The zero-order valence-electron chi connectivity index (χ0n) is 11.8. The number of rotatable bonds is 2. The van der Waals surface area contributed by atoms with Gasteiger partial charge in [-0.3, -0.25) is 4.98 Å². The Morgan fingerprint density at radius 3 is 2.64 bits per heavy atom. The zero-order valence-corrected chi connectivity index (χ0v) is 11.8. The molecule has 2 heterocycles. The van der Waals surface area contributed by atoms with Crippen LogP contribution in [-0.4, -0.2) is 15.1 Å². The van der Waals surface area contributed by atoms with E-state index in [4.69, 9.17) is 0 Å². The van der Waals surface area contributed by atoms with E-state index in [1.165, 1.54) is 0 Å². The number of hydrogen-bond donors (Lipinski definition) is 2. The lowest BCUT2D eigenvalue weighted by Crippen LogP contribution is -1.85. The molecule has 0 aliphatic carbocycles. The number of aromatic hydroxyl groups is 1. The van der Waals surface area contributed by atoms with Crippen molar-refractivity contribution in [2.75, 3.05) is 0 Å². The lowest BCUT2D eigenvalue weighted by atomic mass is 9.98. The van der Waals surface area contributed by atoms with Crippen LogP contribution in [0.4, 0.5) is 0 Å². The number of hydrogen-bond acceptors (Lipinski definition) is 2. The number of phenolic OH excluding ortho intramolecular Hbond substituents is 1. The smallest absolute Gasteiger partial charge is 0.116 e. The molecule has 0 aliphatic rings. The van der Waals surface area contributed by atoms with Gasteiger partial charge < -0.3 is 10.1 Å². The highest BCUT2D eigenvalue weighted by Gasteiger charge is 2.08. The molecule has 0 saturated carbocycles. The van der Waals surface area contributed by atoms with Crippen LogP contribution in [0.15, 0.2) is 73.1 Å². The fourth-order valence-electron chi connectivity index (χ4n) is 2.79. The van der Waals surface area contributed by atoms with E-state index in [2.05, 4.69) is 28.2 Å². The Morgan fingerprint density at radius 2 is 1.77 bits per heavy atom. The Balaban J connectivity index is 1.93. The lowest BCUT2D eigenvalue weighted by molar-refractivity contribution is 0.476. The summed E-state index contributed by atoms with van der Waals surface area (Å²) in [5, 5.41) is 11.2. The molecule has 4 rings (SSSR count). The van der Waals surface area contributed by atoms with Gasteiger partial charge in [-0.1, -0.05) is 18.2 Å². The van der Waals surface area contributed by atoms with Crippen molar-refractivity contribution in [3.05, 3.63) is 73.1 Å². The summed E-state index contributed by atoms with van der Waals surface area (Å²) >= 11 is 0. The molecule has 0 saturated heterocycles. The van der Waals surface area contributed by atoms with Gasteiger partial charge in [0.1, 0.15) is 5.75 Å². The van der Waals surface area contributed by atoms with E-state index in [1.807, 2.05) is 36.5 Å². The molecule has 0 bridgehead atoms. The molecular weight excluding hydrogens is 272 g/mol. The lowest BCUT2D eigenvalue weighted by Gasteiger charge is -2.08. The van der Waals surface area contributed by atoms with Crippen molar-refractivity contribution >= 4 is 10.9 Å². The minimum atomic E-state index is 0.241. The number of phenols is 1. The fourth-order valence-corrected chi connectivity index (χ4v) is 2.79. The summed E-state index contributed by atoms with van der Waals surface area (Å²) in [5.74, 6) is 0.241. The third-order valence-electron chi connectivity index (χ3n) is 3.78. The van der Waals surface area contributed by atoms with E-state index in [-0.39, 0.29) is 5.75 Å². The van der Waals surface area contributed by atoms with Gasteiger partial charge in [0.05, 0.1) is 5.69 Å². The number of aromatic amines is 1. The predicted octanol–water partition coefficient (Wildman–Crippen LogP) is 4.60. The van der Waals surface area contributed by atoms with Crippen molar-refractivity contribution in [2.45, 2.75) is 0 Å². The molecule has 0 spiro atoms. The highest BCUT2D eigenvalue weighted by Crippen LogP contribution is 2.33. The van der Waals surface area contributed by atoms with Crippen LogP contribution in [0.25, 0.3) is 33.3 Å². The quantitative estimate of drug-likeness (QED) is 0.565. The van der Waals surface area contributed by atoms with E-state index in [0.717, 1.165) is 33.3 Å². The zero-order chi connectivity index (χ0) is 14.9. The van der Waals surface area contributed by atoms with Gasteiger partial charge >= 0.3 is 0 Å². The molecule has 2 aromatic carbocycles. The highest BCUT2D eigenvalue weighted by atomic mass is 16.3. The number of nitrogens with zero attached hydrogens (tertiary/aromatic N) is 1. The van der Waals surface area contributed by atoms with Gasteiger partial charge in [-0.15, -0.1) is 0 Å². The Morgan fingerprint density at radius 1 is 0.864 bits per heavy atom. The van der Waals surface area contributed by atoms with E-state index < -0.39 is 0 Å². The Kier molecular flexibility index (Phi) is 2.90. The molecule has 2 aromatic heterocycles. The van der Waals surface area contributed by atoms with Gasteiger partial charge in [-0.05, 0) is 53.6 Å². The second-order valence-corrected chi connectivity index (χ2v) is 5.23. The van der Waals surface area contributed by atoms with Crippen LogP contribution >= 0.6 is 0 Å². The van der Waals surface area contributed by atoms with Crippen LogP contribution in [0.3, 0.4) is 0 Å². The molecule has 0 radical (unpaired) electrons. The first kappa shape index (κ1) is 12.7. The second-order valence-electron chi connectivity index (χ2n) is 5.23. The Bertz CT molecular complexity index is 942. The van der Waals surface area contributed by atoms with Gasteiger partial charge in [-0.2, -0.15) is 0 Å². The third-order valence-corrected chi connectivity index (χ3v) is 3.78. The van der Waals surface area contributed by atoms with E-state index in [9.17, 15) is 5.11 Å². The first-order valence-corrected chi connectivity index (χ1v) is 7.13. The van der Waals surface area contributed by atoms with Crippen molar-refractivity contribution in [1.82, 2.24) is 9.97 Å². The maximum Gasteiger partial charge on any atom is 0.116 e. The number of pyridine rings is 1. The van der Waals surface area contributed by atoms with Crippen LogP contribution in [-0.2, 0) is 0 Å². The second kappa shape index (κ2) is 5.04. The normalized spacial score (nSPS) is 10.9. The van der Waals surface area contributed by atoms with Crippen LogP contribution in [0.2, 0.25) is 0 Å². The van der Waals surface area contributed by atoms with E-state index >= 15 is 0 Å². The maximum absolute atomic E-state index is 10.1. The summed E-state index contributed by atoms with van der Waals surface area (Å²) in [6, 6.07) is 19.5. The topological polar surface area (TPSA) is 48.9 Å². The van der Waals surface area contributed by atoms with Crippen LogP contribution in [0.5, 0.6) is 5.75 Å². The van der Waals surface area contributed by atoms with Crippen LogP contribution in [0.1, 0.15) is 0 Å². The summed E-state index contributed by atoms with van der Waals surface area (Å²) in [6.45, 7) is 0. The molecule has 0 atom stereocenters. The molecule has 0 unspecified atom stereocenters. The van der Waals surface area contributed by atoms with Gasteiger partial charge in [0, 0.05) is 28.9 Å². The molecule has 3 nitrogen and oxygen atoms in total. The molecule has 22 heavy (non-hydrogen) atoms. The van der Waals surface area contributed by atoms with Gasteiger partial charge in [0.15, 0.2) is 0 Å². The minimum Gasteiger partial charge on any atom is -0.508 e. The summed E-state index contributed by atoms with van der Waals surface area (Å²) < 4.78 is 0. The predicted molar refractivity (Wildman–Crippen MR) is 88.6 cm³/mol. The third kappa shape index (κ3) is 2.13. The fraction of sp³-hybridized carbons (Fsp3) is 0. The van der Waals surface area contributed by atoms with Crippen LogP contribution in [0, 0.1) is 0 Å². The Hall–Kier alpha value is -3.07. The Labute approximate surface area is 127 Å². The largest absolute Gasteiger partial charge is 0.508 e. The number of fused-ring (bicyclic) bond motifs is 1. The van der Waals surface area contributed by atoms with E-state index in [1.54, 1.807) is 18.3 Å². The number of nitrogens with one attached hydrogen (secondary N) is 1. The number of benzene rings is 2. The average Bonchev–Trinajstić information content (AvgIpc) is 3.03. The summed E-state index contributed by atoms with van der Waals surface area (Å²) in [5.41, 5.74) is 4.90. The van der Waals surface area contributed by atoms with Gasteiger partial charge in [0.25, 0.3) is 0 Å². The molecule has 0 fully saturated rings. The summed E-state index contributed by atoms with van der Waals surface area (Å²) in [7, 11) is 0. The molecule has 2 N–H and O–H groups in total. The first-order chi connectivity index (χ1) is 10.8. The minimum absolute atomic E-state index is 0.241. The van der Waals surface area contributed by atoms with Crippen molar-refractivity contribution in [3.8, 4) is 28.1 Å². The van der Waals surface area contributed by atoms with Crippen molar-refractivity contribution in [1.29, 1.82) is 0 Å². The molecule has 0 amide bonds. The SMILES string of the molecule is Oc1cc(-c2ccccn2)cc(-c2cccc3[nH]ccc23)c1. The molecule has 3 heteroatoms. The monoisotopic (exact) mass is 286 g/mol. The van der Waals surface area contributed by atoms with E-state index in [0.29, 0.717) is 0 Å². The summed E-state index contributed by atoms with van der Waals surface area (Å²) in [6.07, 6.45) is 3.68. The first-order valence-electron chi connectivity index (χ1n) is 7.13. The molecule has 106 valence electrons. The van der Waals surface area contributed by atoms with Crippen LogP contribution < -0.4 is 0 Å². The number of aromatic nitrogens is 2. The van der Waals surface area contributed by atoms with Crippen molar-refractivity contribution in [3.63, 3.8) is 0 Å². The van der Waals surface area contributed by atoms with Crippen molar-refractivity contribution < 1.29 is 5.11 Å². The summed E-state index contributed by atoms with van der Waals surface area (Å²) in [4.78, 5) is 7.58. The number of H-pyrrole nitrogens is 1. The maximum atomic E-state index is 10.1. The molecule has 0 aliphatic heterocycles. The average molecular weight is 286 g/mol.